The number of amides is 1. The van der Waals surface area contributed by atoms with Gasteiger partial charge in [0.25, 0.3) is 0 Å². The molecule has 0 atom stereocenters. The zero-order chi connectivity index (χ0) is 24.4. The third-order valence-corrected chi connectivity index (χ3v) is 5.89. The number of hydrazine groups is 1. The number of fused-ring (bicyclic) bond motifs is 1. The Morgan fingerprint density at radius 3 is 2.71 bits per heavy atom. The first-order valence-corrected chi connectivity index (χ1v) is 11.3. The monoisotopic (exact) mass is 472 g/mol. The lowest BCUT2D eigenvalue weighted by molar-refractivity contribution is -0.111. The van der Waals surface area contributed by atoms with Crippen LogP contribution in [0.2, 0.25) is 0 Å². The highest BCUT2D eigenvalue weighted by atomic mass is 19.1. The van der Waals surface area contributed by atoms with Crippen LogP contribution in [0, 0.1) is 5.82 Å². The fourth-order valence-electron chi connectivity index (χ4n) is 4.22. The number of ether oxygens (including phenoxy) is 1. The summed E-state index contributed by atoms with van der Waals surface area (Å²) in [5.41, 5.74) is 3.18. The summed E-state index contributed by atoms with van der Waals surface area (Å²) in [7, 11) is 1.87. The molecule has 0 unspecified atom stereocenters. The molecule has 0 bridgehead atoms. The summed E-state index contributed by atoms with van der Waals surface area (Å²) in [6, 6.07) is 15.2. The zero-order valence-electron chi connectivity index (χ0n) is 19.3. The van der Waals surface area contributed by atoms with Crippen LogP contribution in [0.5, 0.6) is 0 Å². The minimum Gasteiger partial charge on any atom is -0.379 e. The van der Waals surface area contributed by atoms with Gasteiger partial charge in [-0.2, -0.15) is 0 Å². The highest BCUT2D eigenvalue weighted by molar-refractivity contribution is 6.02. The van der Waals surface area contributed by atoms with Gasteiger partial charge >= 0.3 is 0 Å². The maximum Gasteiger partial charge on any atom is 0.247 e. The number of morpholine rings is 1. The van der Waals surface area contributed by atoms with Crippen molar-refractivity contribution in [3.8, 4) is 11.3 Å². The van der Waals surface area contributed by atoms with Crippen molar-refractivity contribution in [2.45, 2.75) is 0 Å². The SMILES string of the molecule is C=CC(=O)Nc1ccc2c(-c3nc(N(c4ccccc4)N4CCOCC4)ncc3F)cn(C)c2c1. The van der Waals surface area contributed by atoms with E-state index in [-0.39, 0.29) is 11.6 Å². The second-order valence-corrected chi connectivity index (χ2v) is 8.16. The molecule has 2 aromatic heterocycles. The van der Waals surface area contributed by atoms with Crippen molar-refractivity contribution in [3.05, 3.63) is 79.4 Å². The number of rotatable bonds is 6. The van der Waals surface area contributed by atoms with E-state index in [0.717, 1.165) is 16.6 Å². The molecular formula is C26H25FN6O2. The van der Waals surface area contributed by atoms with Crippen LogP contribution < -0.4 is 10.3 Å². The number of hydrogen-bond donors (Lipinski definition) is 1. The van der Waals surface area contributed by atoms with Gasteiger partial charge < -0.3 is 14.6 Å². The third kappa shape index (κ3) is 4.51. The molecule has 1 aliphatic heterocycles. The number of halogens is 1. The summed E-state index contributed by atoms with van der Waals surface area (Å²) in [6.45, 7) is 5.99. The summed E-state index contributed by atoms with van der Waals surface area (Å²) in [4.78, 5) is 20.8. The summed E-state index contributed by atoms with van der Waals surface area (Å²) >= 11 is 0. The second-order valence-electron chi connectivity index (χ2n) is 8.16. The molecule has 3 heterocycles. The number of aromatic nitrogens is 3. The second kappa shape index (κ2) is 9.65. The molecule has 5 rings (SSSR count). The minimum atomic E-state index is -0.514. The number of para-hydroxylation sites is 1. The van der Waals surface area contributed by atoms with E-state index >= 15 is 4.39 Å². The predicted octanol–water partition coefficient (Wildman–Crippen LogP) is 4.28. The normalized spacial score (nSPS) is 14.1. The molecule has 0 radical (unpaired) electrons. The van der Waals surface area contributed by atoms with Crippen molar-refractivity contribution >= 4 is 34.1 Å². The Balaban J connectivity index is 1.59. The van der Waals surface area contributed by atoms with Crippen LogP contribution in [-0.2, 0) is 16.6 Å². The average molecular weight is 473 g/mol. The minimum absolute atomic E-state index is 0.206. The first-order valence-electron chi connectivity index (χ1n) is 11.3. The smallest absolute Gasteiger partial charge is 0.247 e. The van der Waals surface area contributed by atoms with Crippen LogP contribution in [0.3, 0.4) is 0 Å². The Morgan fingerprint density at radius 2 is 1.97 bits per heavy atom. The maximum absolute atomic E-state index is 15.1. The highest BCUT2D eigenvalue weighted by Crippen LogP contribution is 2.34. The van der Waals surface area contributed by atoms with Gasteiger partial charge in [-0.3, -0.25) is 4.79 Å². The van der Waals surface area contributed by atoms with E-state index in [4.69, 9.17) is 9.72 Å². The Labute approximate surface area is 202 Å². The van der Waals surface area contributed by atoms with Crippen LogP contribution in [0.4, 0.5) is 21.7 Å². The molecule has 1 saturated heterocycles. The summed E-state index contributed by atoms with van der Waals surface area (Å²) in [6.07, 6.45) is 4.26. The van der Waals surface area contributed by atoms with E-state index in [2.05, 4.69) is 21.9 Å². The lowest BCUT2D eigenvalue weighted by atomic mass is 10.1. The Hall–Kier alpha value is -4.08. The van der Waals surface area contributed by atoms with Crippen molar-refractivity contribution < 1.29 is 13.9 Å². The number of hydrogen-bond acceptors (Lipinski definition) is 6. The molecule has 1 aliphatic rings. The number of nitrogens with one attached hydrogen (secondary N) is 1. The van der Waals surface area contributed by atoms with Gasteiger partial charge in [-0.15, -0.1) is 0 Å². The van der Waals surface area contributed by atoms with E-state index in [0.29, 0.717) is 43.5 Å². The first kappa shape index (κ1) is 22.7. The molecule has 1 N–H and O–H groups in total. The van der Waals surface area contributed by atoms with Gasteiger partial charge in [0.05, 0.1) is 30.6 Å². The number of benzene rings is 2. The molecule has 0 aliphatic carbocycles. The third-order valence-electron chi connectivity index (χ3n) is 5.89. The van der Waals surface area contributed by atoms with Gasteiger partial charge in [0.2, 0.25) is 11.9 Å². The van der Waals surface area contributed by atoms with Crippen molar-refractivity contribution in [3.63, 3.8) is 0 Å². The van der Waals surface area contributed by atoms with Gasteiger partial charge in [-0.05, 0) is 30.3 Å². The van der Waals surface area contributed by atoms with Gasteiger partial charge in [0.1, 0.15) is 5.69 Å². The number of aryl methyl sites for hydroxylation is 1. The standard InChI is InChI=1S/C26H25FN6O2/c1-3-24(34)29-18-9-10-20-21(17-31(2)23(20)15-18)25-22(27)16-28-26(30-25)33(19-7-5-4-6-8-19)32-11-13-35-14-12-32/h3-10,15-17H,1,11-14H2,2H3,(H,29,34). The molecule has 0 spiro atoms. The van der Waals surface area contributed by atoms with Gasteiger partial charge in [0, 0.05) is 43.0 Å². The van der Waals surface area contributed by atoms with Gasteiger partial charge in [0.15, 0.2) is 5.82 Å². The fraction of sp³-hybridized carbons (Fsp3) is 0.192. The highest BCUT2D eigenvalue weighted by Gasteiger charge is 2.25. The van der Waals surface area contributed by atoms with E-state index in [1.807, 2.05) is 65.3 Å². The molecule has 1 fully saturated rings. The summed E-state index contributed by atoms with van der Waals surface area (Å²) < 4.78 is 22.5. The predicted molar refractivity (Wildman–Crippen MR) is 134 cm³/mol. The van der Waals surface area contributed by atoms with E-state index in [9.17, 15) is 4.79 Å². The summed E-state index contributed by atoms with van der Waals surface area (Å²) in [5, 5.41) is 7.59. The lowest BCUT2D eigenvalue weighted by Crippen LogP contribution is -2.47. The molecule has 178 valence electrons. The van der Waals surface area contributed by atoms with Crippen molar-refractivity contribution in [1.82, 2.24) is 19.5 Å². The maximum atomic E-state index is 15.1. The fourth-order valence-corrected chi connectivity index (χ4v) is 4.22. The Morgan fingerprint density at radius 1 is 1.20 bits per heavy atom. The first-order chi connectivity index (χ1) is 17.0. The van der Waals surface area contributed by atoms with Crippen molar-refractivity contribution in [1.29, 1.82) is 0 Å². The largest absolute Gasteiger partial charge is 0.379 e. The van der Waals surface area contributed by atoms with Gasteiger partial charge in [-0.25, -0.2) is 24.4 Å². The Kier molecular flexibility index (Phi) is 6.26. The van der Waals surface area contributed by atoms with Gasteiger partial charge in [-0.1, -0.05) is 30.8 Å². The van der Waals surface area contributed by atoms with Crippen molar-refractivity contribution in [2.75, 3.05) is 36.6 Å². The summed E-state index contributed by atoms with van der Waals surface area (Å²) in [5.74, 6) is -0.434. The molecule has 35 heavy (non-hydrogen) atoms. The van der Waals surface area contributed by atoms with Crippen molar-refractivity contribution in [2.24, 2.45) is 7.05 Å². The van der Waals surface area contributed by atoms with E-state index < -0.39 is 5.82 Å². The van der Waals surface area contributed by atoms with Crippen LogP contribution >= 0.6 is 0 Å². The van der Waals surface area contributed by atoms with Crippen LogP contribution in [-0.4, -0.2) is 51.8 Å². The average Bonchev–Trinajstić information content (AvgIpc) is 3.22. The molecule has 4 aromatic rings. The number of carbonyl (C=O) groups is 1. The lowest BCUT2D eigenvalue weighted by Gasteiger charge is -2.37. The van der Waals surface area contributed by atoms with Crippen LogP contribution in [0.1, 0.15) is 0 Å². The topological polar surface area (TPSA) is 75.5 Å². The Bertz CT molecular complexity index is 1380. The number of anilines is 3. The molecule has 9 heteroatoms. The quantitative estimate of drug-likeness (QED) is 0.422. The number of carbonyl (C=O) groups excluding carboxylic acids is 1. The zero-order valence-corrected chi connectivity index (χ0v) is 19.3. The molecule has 1 amide bonds. The van der Waals surface area contributed by atoms with Crippen LogP contribution in [0.15, 0.2) is 73.6 Å². The molecule has 0 saturated carbocycles. The molecular weight excluding hydrogens is 447 g/mol. The molecule has 2 aromatic carbocycles. The van der Waals surface area contributed by atoms with E-state index in [1.54, 1.807) is 6.07 Å². The van der Waals surface area contributed by atoms with E-state index in [1.165, 1.54) is 12.3 Å². The van der Waals surface area contributed by atoms with Crippen LogP contribution in [0.25, 0.3) is 22.2 Å². The number of nitrogens with zero attached hydrogens (tertiary/aromatic N) is 5. The molecule has 8 nitrogen and oxygen atoms in total.